The van der Waals surface area contributed by atoms with Gasteiger partial charge in [0, 0.05) is 32.1 Å². The van der Waals surface area contributed by atoms with E-state index in [-0.39, 0.29) is 17.9 Å². The molecule has 1 aliphatic carbocycles. The van der Waals surface area contributed by atoms with Crippen molar-refractivity contribution < 1.29 is 9.59 Å². The smallest absolute Gasteiger partial charge is 0.317 e. The van der Waals surface area contributed by atoms with Gasteiger partial charge in [-0.15, -0.1) is 0 Å². The third kappa shape index (κ3) is 3.19. The van der Waals surface area contributed by atoms with Crippen molar-refractivity contribution in [2.75, 3.05) is 19.6 Å². The molecule has 6 heteroatoms. The maximum Gasteiger partial charge on any atom is 0.317 e. The Labute approximate surface area is 167 Å². The maximum atomic E-state index is 13.3. The zero-order valence-corrected chi connectivity index (χ0v) is 17.0. The number of benzene rings is 1. The van der Waals surface area contributed by atoms with E-state index in [9.17, 15) is 9.59 Å². The van der Waals surface area contributed by atoms with E-state index in [1.807, 2.05) is 47.1 Å². The van der Waals surface area contributed by atoms with Gasteiger partial charge in [-0.25, -0.2) is 4.79 Å². The Hall–Kier alpha value is -2.37. The fourth-order valence-electron chi connectivity index (χ4n) is 5.11. The summed E-state index contributed by atoms with van der Waals surface area (Å²) >= 11 is 0. The third-order valence-corrected chi connectivity index (χ3v) is 6.44. The molecule has 0 radical (unpaired) electrons. The van der Waals surface area contributed by atoms with Crippen LogP contribution in [0.1, 0.15) is 39.2 Å². The molecule has 3 atom stereocenters. The number of carbonyl (C=O) groups is 2. The number of nitrogens with zero attached hydrogens (tertiary/aromatic N) is 3. The molecule has 1 N–H and O–H groups in total. The molecule has 3 amide bonds. The quantitative estimate of drug-likeness (QED) is 0.870. The molecule has 3 aliphatic rings. The minimum absolute atomic E-state index is 0.0430. The first-order valence-corrected chi connectivity index (χ1v) is 10.4. The maximum absolute atomic E-state index is 13.3. The Balaban J connectivity index is 1.43. The van der Waals surface area contributed by atoms with Crippen molar-refractivity contribution in [1.82, 2.24) is 15.1 Å². The highest BCUT2D eigenvalue weighted by Crippen LogP contribution is 2.50. The van der Waals surface area contributed by atoms with Gasteiger partial charge in [-0.1, -0.05) is 44.2 Å². The summed E-state index contributed by atoms with van der Waals surface area (Å²) < 4.78 is 0. The van der Waals surface area contributed by atoms with Crippen LogP contribution in [-0.2, 0) is 11.3 Å². The average molecular weight is 383 g/mol. The second kappa shape index (κ2) is 7.22. The van der Waals surface area contributed by atoms with Crippen LogP contribution in [0.4, 0.5) is 4.79 Å². The summed E-state index contributed by atoms with van der Waals surface area (Å²) in [6.45, 7) is 8.77. The summed E-state index contributed by atoms with van der Waals surface area (Å²) in [5.74, 6) is 1.89. The van der Waals surface area contributed by atoms with Crippen LogP contribution >= 0.6 is 0 Å². The third-order valence-electron chi connectivity index (χ3n) is 6.44. The number of likely N-dealkylation sites (tertiary alicyclic amines) is 1. The second-order valence-electron chi connectivity index (χ2n) is 8.85. The van der Waals surface area contributed by atoms with Crippen molar-refractivity contribution in [3.05, 3.63) is 35.9 Å². The van der Waals surface area contributed by atoms with E-state index >= 15 is 0 Å². The van der Waals surface area contributed by atoms with Crippen molar-refractivity contribution in [1.29, 1.82) is 0 Å². The molecule has 1 aromatic rings. The highest BCUT2D eigenvalue weighted by Gasteiger charge is 2.61. The normalized spacial score (nSPS) is 29.0. The van der Waals surface area contributed by atoms with Gasteiger partial charge in [0.15, 0.2) is 0 Å². The average Bonchev–Trinajstić information content (AvgIpc) is 3.31. The lowest BCUT2D eigenvalue weighted by Crippen LogP contribution is -2.48. The van der Waals surface area contributed by atoms with Gasteiger partial charge in [0.1, 0.15) is 11.4 Å². The summed E-state index contributed by atoms with van der Waals surface area (Å²) in [7, 11) is 0. The highest BCUT2D eigenvalue weighted by molar-refractivity contribution is 6.07. The first-order valence-electron chi connectivity index (χ1n) is 10.4. The number of fused-ring (bicyclic) bond motifs is 2. The molecule has 0 aromatic heterocycles. The van der Waals surface area contributed by atoms with Crippen molar-refractivity contribution in [2.24, 2.45) is 22.7 Å². The SMILES string of the molecule is CC1=N[C@@]2(CC[C@@H]3CN(C(=O)NCc4ccccc4)C[C@@H]32)C(=O)N1CC(C)C. The Morgan fingerprint density at radius 3 is 2.75 bits per heavy atom. The number of hydrogen-bond acceptors (Lipinski definition) is 3. The van der Waals surface area contributed by atoms with E-state index in [4.69, 9.17) is 4.99 Å². The molecule has 1 saturated heterocycles. The van der Waals surface area contributed by atoms with Gasteiger partial charge < -0.3 is 10.2 Å². The lowest BCUT2D eigenvalue weighted by molar-refractivity contribution is -0.132. The Morgan fingerprint density at radius 1 is 1.29 bits per heavy atom. The number of aliphatic imine (C=N–C) groups is 1. The number of amides is 3. The lowest BCUT2D eigenvalue weighted by atomic mass is 9.85. The minimum atomic E-state index is -0.641. The predicted molar refractivity (Wildman–Crippen MR) is 109 cm³/mol. The van der Waals surface area contributed by atoms with Crippen LogP contribution in [-0.4, -0.2) is 52.7 Å². The molecule has 4 rings (SSSR count). The zero-order chi connectivity index (χ0) is 19.9. The van der Waals surface area contributed by atoms with E-state index in [2.05, 4.69) is 19.2 Å². The van der Waals surface area contributed by atoms with E-state index in [1.165, 1.54) is 0 Å². The molecule has 150 valence electrons. The van der Waals surface area contributed by atoms with E-state index in [1.54, 1.807) is 0 Å². The Bertz CT molecular complexity index is 791. The molecule has 1 aromatic carbocycles. The molecular weight excluding hydrogens is 352 g/mol. The van der Waals surface area contributed by atoms with Crippen molar-refractivity contribution in [3.63, 3.8) is 0 Å². The number of amidine groups is 1. The van der Waals surface area contributed by atoms with E-state index in [0.29, 0.717) is 31.5 Å². The van der Waals surface area contributed by atoms with Gasteiger partial charge in [-0.05, 0) is 37.2 Å². The fraction of sp³-hybridized carbons (Fsp3) is 0.591. The summed E-state index contributed by atoms with van der Waals surface area (Å²) in [5, 5.41) is 3.02. The van der Waals surface area contributed by atoms with Crippen LogP contribution in [0.15, 0.2) is 35.3 Å². The topological polar surface area (TPSA) is 65.0 Å². The van der Waals surface area contributed by atoms with Crippen LogP contribution in [0, 0.1) is 17.8 Å². The van der Waals surface area contributed by atoms with Gasteiger partial charge >= 0.3 is 6.03 Å². The molecule has 2 aliphatic heterocycles. The van der Waals surface area contributed by atoms with Crippen LogP contribution in [0.5, 0.6) is 0 Å². The van der Waals surface area contributed by atoms with Gasteiger partial charge in [0.2, 0.25) is 0 Å². The molecule has 2 fully saturated rings. The molecule has 1 spiro atoms. The number of urea groups is 1. The monoisotopic (exact) mass is 382 g/mol. The van der Waals surface area contributed by atoms with Crippen LogP contribution < -0.4 is 5.32 Å². The van der Waals surface area contributed by atoms with Crippen molar-refractivity contribution in [3.8, 4) is 0 Å². The van der Waals surface area contributed by atoms with Gasteiger partial charge in [0.05, 0.1) is 0 Å². The van der Waals surface area contributed by atoms with Crippen LogP contribution in [0.2, 0.25) is 0 Å². The first kappa shape index (κ1) is 19.0. The van der Waals surface area contributed by atoms with E-state index < -0.39 is 5.54 Å². The largest absolute Gasteiger partial charge is 0.334 e. The van der Waals surface area contributed by atoms with Crippen LogP contribution in [0.25, 0.3) is 0 Å². The second-order valence-corrected chi connectivity index (χ2v) is 8.85. The van der Waals surface area contributed by atoms with Gasteiger partial charge in [-0.3, -0.25) is 14.7 Å². The lowest BCUT2D eigenvalue weighted by Gasteiger charge is -2.28. The van der Waals surface area contributed by atoms with E-state index in [0.717, 1.165) is 30.8 Å². The Kier molecular flexibility index (Phi) is 4.89. The molecule has 0 bridgehead atoms. The number of hydrogen-bond donors (Lipinski definition) is 1. The molecule has 1 saturated carbocycles. The molecule has 28 heavy (non-hydrogen) atoms. The fourth-order valence-corrected chi connectivity index (χ4v) is 5.11. The van der Waals surface area contributed by atoms with Crippen molar-refractivity contribution >= 4 is 17.8 Å². The predicted octanol–water partition coefficient (Wildman–Crippen LogP) is 2.89. The highest BCUT2D eigenvalue weighted by atomic mass is 16.2. The molecule has 6 nitrogen and oxygen atoms in total. The van der Waals surface area contributed by atoms with Crippen LogP contribution in [0.3, 0.4) is 0 Å². The number of carbonyl (C=O) groups excluding carboxylic acids is 2. The summed E-state index contributed by atoms with van der Waals surface area (Å²) in [5.41, 5.74) is 0.445. The first-order chi connectivity index (χ1) is 13.4. The summed E-state index contributed by atoms with van der Waals surface area (Å²) in [4.78, 5) is 34.6. The number of rotatable bonds is 4. The minimum Gasteiger partial charge on any atom is -0.334 e. The van der Waals surface area contributed by atoms with Gasteiger partial charge in [0.25, 0.3) is 5.91 Å². The van der Waals surface area contributed by atoms with Gasteiger partial charge in [-0.2, -0.15) is 0 Å². The summed E-state index contributed by atoms with van der Waals surface area (Å²) in [6, 6.07) is 9.88. The van der Waals surface area contributed by atoms with Crippen molar-refractivity contribution in [2.45, 2.75) is 45.7 Å². The zero-order valence-electron chi connectivity index (χ0n) is 17.0. The standard InChI is InChI=1S/C22H30N4O2/c1-15(2)12-26-16(3)24-22(20(26)27)10-9-18-13-25(14-19(18)22)21(28)23-11-17-7-5-4-6-8-17/h4-8,15,18-19H,9-14H2,1-3H3,(H,23,28)/t18-,19+,22-/m1/s1. The molecule has 2 heterocycles. The Morgan fingerprint density at radius 2 is 2.04 bits per heavy atom. The molecule has 0 unspecified atom stereocenters. The summed E-state index contributed by atoms with van der Waals surface area (Å²) in [6.07, 6.45) is 1.78. The number of nitrogens with one attached hydrogen (secondary N) is 1. The molecular formula is C22H30N4O2.